The van der Waals surface area contributed by atoms with Crippen LogP contribution in [0.25, 0.3) is 33.7 Å². The van der Waals surface area contributed by atoms with Crippen LogP contribution in [0.2, 0.25) is 15.1 Å². The van der Waals surface area contributed by atoms with Gasteiger partial charge in [0.15, 0.2) is 5.82 Å². The zero-order chi connectivity index (χ0) is 20.8. The normalized spacial score (nSPS) is 12.2. The van der Waals surface area contributed by atoms with Crippen molar-refractivity contribution in [3.63, 3.8) is 0 Å². The summed E-state index contributed by atoms with van der Waals surface area (Å²) in [4.78, 5) is 17.7. The molecule has 0 N–H and O–H groups in total. The number of rotatable bonds is 3. The van der Waals surface area contributed by atoms with Gasteiger partial charge in [0.2, 0.25) is 4.96 Å². The van der Waals surface area contributed by atoms with Crippen LogP contribution in [0.4, 0.5) is 0 Å². The number of hydrogen-bond acceptors (Lipinski definition) is 5. The Hall–Kier alpha value is -2.64. The van der Waals surface area contributed by atoms with E-state index in [1.165, 1.54) is 15.9 Å². The van der Waals surface area contributed by atoms with Gasteiger partial charge in [-0.2, -0.15) is 9.50 Å². The summed E-state index contributed by atoms with van der Waals surface area (Å²) in [5.41, 5.74) is 1.16. The van der Waals surface area contributed by atoms with E-state index in [2.05, 4.69) is 10.1 Å². The number of fused-ring (bicyclic) bond motifs is 1. The van der Waals surface area contributed by atoms with Crippen molar-refractivity contribution >= 4 is 57.2 Å². The van der Waals surface area contributed by atoms with Crippen LogP contribution in [-0.4, -0.2) is 14.6 Å². The lowest BCUT2D eigenvalue weighted by Gasteiger charge is -2.00. The molecule has 148 valence electrons. The van der Waals surface area contributed by atoms with Crippen molar-refractivity contribution < 1.29 is 4.42 Å². The summed E-state index contributed by atoms with van der Waals surface area (Å²) in [6.45, 7) is 0. The first kappa shape index (κ1) is 19.3. The minimum absolute atomic E-state index is 0.269. The van der Waals surface area contributed by atoms with Gasteiger partial charge in [0.1, 0.15) is 16.1 Å². The molecule has 0 radical (unpaired) electrons. The lowest BCUT2D eigenvalue weighted by atomic mass is 10.2. The minimum Gasteiger partial charge on any atom is -0.457 e. The molecule has 0 aliphatic rings. The van der Waals surface area contributed by atoms with Crippen molar-refractivity contribution in [1.82, 2.24) is 14.6 Å². The zero-order valence-electron chi connectivity index (χ0n) is 15.0. The van der Waals surface area contributed by atoms with Crippen LogP contribution in [0, 0.1) is 0 Å². The maximum absolute atomic E-state index is 12.8. The van der Waals surface area contributed by atoms with Crippen molar-refractivity contribution in [1.29, 1.82) is 0 Å². The topological polar surface area (TPSA) is 60.4 Å². The summed E-state index contributed by atoms with van der Waals surface area (Å²) >= 11 is 19.5. The Kier molecular flexibility index (Phi) is 4.87. The molecule has 3 aromatic heterocycles. The Labute approximate surface area is 188 Å². The van der Waals surface area contributed by atoms with Gasteiger partial charge in [-0.15, -0.1) is 5.10 Å². The Morgan fingerprint density at radius 2 is 1.83 bits per heavy atom. The van der Waals surface area contributed by atoms with E-state index in [1.807, 2.05) is 12.1 Å². The molecule has 0 unspecified atom stereocenters. The van der Waals surface area contributed by atoms with Crippen LogP contribution < -0.4 is 10.1 Å². The van der Waals surface area contributed by atoms with Crippen molar-refractivity contribution in [2.45, 2.75) is 0 Å². The third-order valence-corrected chi connectivity index (χ3v) is 6.12. The van der Waals surface area contributed by atoms with Crippen molar-refractivity contribution in [2.24, 2.45) is 0 Å². The molecule has 2 aromatic carbocycles. The van der Waals surface area contributed by atoms with E-state index >= 15 is 0 Å². The van der Waals surface area contributed by atoms with Crippen LogP contribution >= 0.6 is 46.1 Å². The maximum atomic E-state index is 12.8. The molecule has 0 bridgehead atoms. The van der Waals surface area contributed by atoms with Gasteiger partial charge in [-0.1, -0.05) is 58.3 Å². The number of hydrogen-bond donors (Lipinski definition) is 0. The molecule has 30 heavy (non-hydrogen) atoms. The van der Waals surface area contributed by atoms with Gasteiger partial charge < -0.3 is 4.42 Å². The summed E-state index contributed by atoms with van der Waals surface area (Å²) in [6.07, 6.45) is 1.66. The number of furan rings is 1. The van der Waals surface area contributed by atoms with Gasteiger partial charge in [-0.3, -0.25) is 4.79 Å². The molecule has 5 nitrogen and oxygen atoms in total. The second kappa shape index (κ2) is 7.56. The number of aromatic nitrogens is 3. The second-order valence-electron chi connectivity index (χ2n) is 6.38. The smallest absolute Gasteiger partial charge is 0.291 e. The van der Waals surface area contributed by atoms with E-state index in [-0.39, 0.29) is 5.56 Å². The summed E-state index contributed by atoms with van der Waals surface area (Å²) in [5, 5.41) is 5.98. The predicted octanol–water partition coefficient (Wildman–Crippen LogP) is 5.59. The molecule has 0 aliphatic heterocycles. The van der Waals surface area contributed by atoms with E-state index < -0.39 is 0 Å². The third-order valence-electron chi connectivity index (χ3n) is 4.36. The van der Waals surface area contributed by atoms with Gasteiger partial charge in [-0.25, -0.2) is 0 Å². The van der Waals surface area contributed by atoms with Crippen LogP contribution in [0.3, 0.4) is 0 Å². The molecule has 0 amide bonds. The first-order valence-electron chi connectivity index (χ1n) is 8.70. The Bertz CT molecular complexity index is 1520. The molecule has 5 rings (SSSR count). The van der Waals surface area contributed by atoms with E-state index in [4.69, 9.17) is 39.2 Å². The number of nitrogens with zero attached hydrogens (tertiary/aromatic N) is 3. The van der Waals surface area contributed by atoms with Crippen molar-refractivity contribution in [2.75, 3.05) is 0 Å². The monoisotopic (exact) mass is 473 g/mol. The SMILES string of the molecule is O=c1/c(=C/c2ccc(-c3cc(Cl)ccc3Cl)o2)sc2nc(-c3cccc(Cl)c3)nn12. The highest BCUT2D eigenvalue weighted by molar-refractivity contribution is 7.15. The van der Waals surface area contributed by atoms with E-state index in [9.17, 15) is 4.79 Å². The number of thiazole rings is 1. The average molecular weight is 475 g/mol. The Morgan fingerprint density at radius 1 is 1.00 bits per heavy atom. The molecular formula is C21H10Cl3N3O2S. The maximum Gasteiger partial charge on any atom is 0.291 e. The van der Waals surface area contributed by atoms with Gasteiger partial charge >= 0.3 is 0 Å². The fraction of sp³-hybridized carbons (Fsp3) is 0. The molecule has 0 saturated carbocycles. The van der Waals surface area contributed by atoms with Crippen LogP contribution in [-0.2, 0) is 0 Å². The highest BCUT2D eigenvalue weighted by atomic mass is 35.5. The van der Waals surface area contributed by atoms with Gasteiger partial charge in [0.05, 0.1) is 5.02 Å². The van der Waals surface area contributed by atoms with Crippen LogP contribution in [0.15, 0.2) is 63.8 Å². The average Bonchev–Trinajstić information content (AvgIpc) is 3.42. The summed E-state index contributed by atoms with van der Waals surface area (Å²) in [5.74, 6) is 1.52. The largest absolute Gasteiger partial charge is 0.457 e. The molecule has 0 saturated heterocycles. The molecule has 3 heterocycles. The van der Waals surface area contributed by atoms with Crippen LogP contribution in [0.1, 0.15) is 5.76 Å². The van der Waals surface area contributed by atoms with Crippen LogP contribution in [0.5, 0.6) is 0 Å². The molecule has 0 atom stereocenters. The number of halogens is 3. The first-order chi connectivity index (χ1) is 14.5. The second-order valence-corrected chi connectivity index (χ2v) is 8.67. The standard InChI is InChI=1S/C21H10Cl3N3O2S/c22-12-3-1-2-11(8-12)19-25-21-27(26-19)20(28)18(30-21)10-14-5-7-17(29-14)15-9-13(23)4-6-16(15)24/h1-10H/b18-10-. The van der Waals surface area contributed by atoms with Crippen molar-refractivity contribution in [3.8, 4) is 22.7 Å². The predicted molar refractivity (Wildman–Crippen MR) is 121 cm³/mol. The highest BCUT2D eigenvalue weighted by Crippen LogP contribution is 2.32. The summed E-state index contributed by atoms with van der Waals surface area (Å²) in [6, 6.07) is 15.9. The lowest BCUT2D eigenvalue weighted by Crippen LogP contribution is -2.23. The lowest BCUT2D eigenvalue weighted by molar-refractivity contribution is 0.571. The molecule has 0 aliphatic carbocycles. The van der Waals surface area contributed by atoms with Gasteiger partial charge in [-0.05, 0) is 42.5 Å². The Balaban J connectivity index is 1.53. The van der Waals surface area contributed by atoms with Gasteiger partial charge in [0.25, 0.3) is 5.56 Å². The molecule has 9 heteroatoms. The number of benzene rings is 2. The highest BCUT2D eigenvalue weighted by Gasteiger charge is 2.13. The fourth-order valence-corrected chi connectivity index (χ4v) is 4.44. The van der Waals surface area contributed by atoms with E-state index in [1.54, 1.807) is 48.5 Å². The third kappa shape index (κ3) is 3.52. The minimum atomic E-state index is -0.269. The first-order valence-corrected chi connectivity index (χ1v) is 10.7. The summed E-state index contributed by atoms with van der Waals surface area (Å²) in [7, 11) is 0. The summed E-state index contributed by atoms with van der Waals surface area (Å²) < 4.78 is 7.59. The molecular weight excluding hydrogens is 465 g/mol. The van der Waals surface area contributed by atoms with Crippen molar-refractivity contribution in [3.05, 3.63) is 90.3 Å². The zero-order valence-corrected chi connectivity index (χ0v) is 18.1. The molecule has 5 aromatic rings. The molecule has 0 spiro atoms. The van der Waals surface area contributed by atoms with E-state index in [0.717, 1.165) is 5.56 Å². The van der Waals surface area contributed by atoms with Gasteiger partial charge in [0, 0.05) is 27.2 Å². The quantitative estimate of drug-likeness (QED) is 0.342. The molecule has 0 fully saturated rings. The Morgan fingerprint density at radius 3 is 2.63 bits per heavy atom. The fourth-order valence-electron chi connectivity index (χ4n) is 2.97. The van der Waals surface area contributed by atoms with E-state index in [0.29, 0.717) is 47.5 Å².